The summed E-state index contributed by atoms with van der Waals surface area (Å²) in [5, 5.41) is 0. The van der Waals surface area contributed by atoms with Crippen molar-refractivity contribution >= 4 is 5.91 Å². The van der Waals surface area contributed by atoms with Gasteiger partial charge in [0.25, 0.3) is 5.91 Å². The molecular formula is C14H19NO. The quantitative estimate of drug-likeness (QED) is 0.708. The van der Waals surface area contributed by atoms with Crippen LogP contribution < -0.4 is 0 Å². The molecule has 0 saturated carbocycles. The molecule has 2 rings (SSSR count). The predicted molar refractivity (Wildman–Crippen MR) is 65.6 cm³/mol. The minimum Gasteiger partial charge on any atom is -0.335 e. The van der Waals surface area contributed by atoms with Crippen molar-refractivity contribution in [1.82, 2.24) is 4.90 Å². The van der Waals surface area contributed by atoms with Crippen molar-refractivity contribution in [3.8, 4) is 0 Å². The molecule has 0 fully saturated rings. The fourth-order valence-electron chi connectivity index (χ4n) is 2.10. The first-order valence-electron chi connectivity index (χ1n) is 5.86. The number of benzene rings is 1. The minimum atomic E-state index is 0.151. The SMILES string of the molecule is CCN1Cc2cc(C(C)(C)C)ccc2C1=O. The molecule has 0 spiro atoms. The Kier molecular flexibility index (Phi) is 2.53. The highest BCUT2D eigenvalue weighted by molar-refractivity contribution is 5.98. The molecule has 1 aliphatic heterocycles. The molecule has 0 aliphatic carbocycles. The van der Waals surface area contributed by atoms with Gasteiger partial charge in [0.1, 0.15) is 0 Å². The van der Waals surface area contributed by atoms with Crippen molar-refractivity contribution in [2.45, 2.75) is 39.7 Å². The van der Waals surface area contributed by atoms with E-state index in [-0.39, 0.29) is 11.3 Å². The number of carbonyl (C=O) groups excluding carboxylic acids is 1. The standard InChI is InChI=1S/C14H19NO/c1-5-15-9-10-8-11(14(2,3)4)6-7-12(10)13(15)16/h6-8H,5,9H2,1-4H3. The van der Waals surface area contributed by atoms with E-state index in [0.29, 0.717) is 0 Å². The van der Waals surface area contributed by atoms with E-state index in [9.17, 15) is 4.79 Å². The third-order valence-electron chi connectivity index (χ3n) is 3.23. The van der Waals surface area contributed by atoms with Crippen LogP contribution in [0.5, 0.6) is 0 Å². The molecule has 0 aromatic heterocycles. The van der Waals surface area contributed by atoms with E-state index >= 15 is 0 Å². The van der Waals surface area contributed by atoms with Gasteiger partial charge in [-0.05, 0) is 29.5 Å². The molecular weight excluding hydrogens is 198 g/mol. The molecule has 0 N–H and O–H groups in total. The Morgan fingerprint density at radius 1 is 1.31 bits per heavy atom. The summed E-state index contributed by atoms with van der Waals surface area (Å²) in [6.45, 7) is 10.2. The highest BCUT2D eigenvalue weighted by Crippen LogP contribution is 2.29. The molecule has 16 heavy (non-hydrogen) atoms. The molecule has 1 heterocycles. The molecule has 0 unspecified atom stereocenters. The lowest BCUT2D eigenvalue weighted by atomic mass is 9.85. The van der Waals surface area contributed by atoms with Gasteiger partial charge in [0.05, 0.1) is 0 Å². The third kappa shape index (κ3) is 1.73. The first-order chi connectivity index (χ1) is 7.43. The van der Waals surface area contributed by atoms with Gasteiger partial charge in [-0.1, -0.05) is 32.9 Å². The van der Waals surface area contributed by atoms with Gasteiger partial charge in [0, 0.05) is 18.7 Å². The van der Waals surface area contributed by atoms with Gasteiger partial charge in [-0.3, -0.25) is 4.79 Å². The first-order valence-corrected chi connectivity index (χ1v) is 5.86. The molecule has 0 radical (unpaired) electrons. The van der Waals surface area contributed by atoms with Crippen molar-refractivity contribution in [3.05, 3.63) is 34.9 Å². The van der Waals surface area contributed by atoms with Crippen LogP contribution in [0.1, 0.15) is 49.2 Å². The van der Waals surface area contributed by atoms with E-state index < -0.39 is 0 Å². The second kappa shape index (κ2) is 3.62. The van der Waals surface area contributed by atoms with E-state index in [4.69, 9.17) is 0 Å². The van der Waals surface area contributed by atoms with E-state index in [0.717, 1.165) is 18.7 Å². The maximum Gasteiger partial charge on any atom is 0.254 e. The van der Waals surface area contributed by atoms with E-state index in [2.05, 4.69) is 32.9 Å². The normalized spacial score (nSPS) is 15.5. The van der Waals surface area contributed by atoms with Crippen molar-refractivity contribution in [3.63, 3.8) is 0 Å². The summed E-state index contributed by atoms with van der Waals surface area (Å²) in [4.78, 5) is 13.8. The topological polar surface area (TPSA) is 20.3 Å². The number of carbonyl (C=O) groups is 1. The van der Waals surface area contributed by atoms with Gasteiger partial charge in [-0.15, -0.1) is 0 Å². The van der Waals surface area contributed by atoms with Crippen molar-refractivity contribution < 1.29 is 4.79 Å². The smallest absolute Gasteiger partial charge is 0.254 e. The molecule has 0 atom stereocenters. The van der Waals surface area contributed by atoms with E-state index in [1.54, 1.807) is 0 Å². The number of nitrogens with zero attached hydrogens (tertiary/aromatic N) is 1. The van der Waals surface area contributed by atoms with Crippen molar-refractivity contribution in [1.29, 1.82) is 0 Å². The minimum absolute atomic E-state index is 0.151. The maximum atomic E-state index is 11.9. The fourth-order valence-corrected chi connectivity index (χ4v) is 2.10. The van der Waals surface area contributed by atoms with Crippen LogP contribution in [0.15, 0.2) is 18.2 Å². The van der Waals surface area contributed by atoms with Crippen molar-refractivity contribution in [2.24, 2.45) is 0 Å². The Morgan fingerprint density at radius 3 is 2.56 bits per heavy atom. The number of rotatable bonds is 1. The van der Waals surface area contributed by atoms with Gasteiger partial charge in [-0.2, -0.15) is 0 Å². The Balaban J connectivity index is 2.41. The summed E-state index contributed by atoms with van der Waals surface area (Å²) in [6.07, 6.45) is 0. The van der Waals surface area contributed by atoms with Crippen LogP contribution in [0, 0.1) is 0 Å². The molecule has 1 aromatic rings. The fraction of sp³-hybridized carbons (Fsp3) is 0.500. The van der Waals surface area contributed by atoms with Crippen LogP contribution in [0.2, 0.25) is 0 Å². The Hall–Kier alpha value is -1.31. The molecule has 0 saturated heterocycles. The van der Waals surface area contributed by atoms with Crippen molar-refractivity contribution in [2.75, 3.05) is 6.54 Å². The Bertz CT molecular complexity index is 429. The van der Waals surface area contributed by atoms with E-state index in [1.807, 2.05) is 17.9 Å². The number of amides is 1. The maximum absolute atomic E-state index is 11.9. The molecule has 1 aliphatic rings. The van der Waals surface area contributed by atoms with Gasteiger partial charge in [0.2, 0.25) is 0 Å². The largest absolute Gasteiger partial charge is 0.335 e. The van der Waals surface area contributed by atoms with Crippen LogP contribution in [0.4, 0.5) is 0 Å². The zero-order valence-corrected chi connectivity index (χ0v) is 10.5. The van der Waals surface area contributed by atoms with Crippen LogP contribution in [-0.4, -0.2) is 17.4 Å². The molecule has 2 heteroatoms. The molecule has 1 aromatic carbocycles. The van der Waals surface area contributed by atoms with Gasteiger partial charge in [0.15, 0.2) is 0 Å². The lowest BCUT2D eigenvalue weighted by Gasteiger charge is -2.19. The van der Waals surface area contributed by atoms with Crippen LogP contribution >= 0.6 is 0 Å². The van der Waals surface area contributed by atoms with Crippen LogP contribution in [0.25, 0.3) is 0 Å². The van der Waals surface area contributed by atoms with Gasteiger partial charge < -0.3 is 4.90 Å². The monoisotopic (exact) mass is 217 g/mol. The summed E-state index contributed by atoms with van der Waals surface area (Å²) < 4.78 is 0. The number of fused-ring (bicyclic) bond motifs is 1. The Labute approximate surface area is 97.3 Å². The average molecular weight is 217 g/mol. The molecule has 0 bridgehead atoms. The summed E-state index contributed by atoms with van der Waals surface area (Å²) >= 11 is 0. The lowest BCUT2D eigenvalue weighted by molar-refractivity contribution is 0.0787. The number of hydrogen-bond donors (Lipinski definition) is 0. The van der Waals surface area contributed by atoms with Gasteiger partial charge >= 0.3 is 0 Å². The van der Waals surface area contributed by atoms with Gasteiger partial charge in [-0.25, -0.2) is 0 Å². The summed E-state index contributed by atoms with van der Waals surface area (Å²) in [5.74, 6) is 0.179. The summed E-state index contributed by atoms with van der Waals surface area (Å²) in [7, 11) is 0. The second-order valence-electron chi connectivity index (χ2n) is 5.44. The van der Waals surface area contributed by atoms with Crippen LogP contribution in [-0.2, 0) is 12.0 Å². The number of hydrogen-bond acceptors (Lipinski definition) is 1. The Morgan fingerprint density at radius 2 is 2.00 bits per heavy atom. The molecule has 86 valence electrons. The molecule has 1 amide bonds. The summed E-state index contributed by atoms with van der Waals surface area (Å²) in [5.41, 5.74) is 3.52. The van der Waals surface area contributed by atoms with E-state index in [1.165, 1.54) is 11.1 Å². The summed E-state index contributed by atoms with van der Waals surface area (Å²) in [6, 6.07) is 6.24. The highest BCUT2D eigenvalue weighted by Gasteiger charge is 2.27. The average Bonchev–Trinajstić information content (AvgIpc) is 2.54. The second-order valence-corrected chi connectivity index (χ2v) is 5.44. The zero-order valence-electron chi connectivity index (χ0n) is 10.5. The third-order valence-corrected chi connectivity index (χ3v) is 3.23. The zero-order chi connectivity index (χ0) is 11.9. The predicted octanol–water partition coefficient (Wildman–Crippen LogP) is 2.96. The lowest BCUT2D eigenvalue weighted by Crippen LogP contribution is -2.22. The first kappa shape index (κ1) is 11.2. The highest BCUT2D eigenvalue weighted by atomic mass is 16.2. The van der Waals surface area contributed by atoms with Crippen LogP contribution in [0.3, 0.4) is 0 Å². The molecule has 2 nitrogen and oxygen atoms in total.